The second-order valence-electron chi connectivity index (χ2n) is 4.59. The Hall–Kier alpha value is -0.920. The first kappa shape index (κ1) is 15.1. The summed E-state index contributed by atoms with van der Waals surface area (Å²) in [5, 5.41) is 0. The van der Waals surface area contributed by atoms with Crippen LogP contribution in [0.15, 0.2) is 0 Å². The predicted octanol–water partition coefficient (Wildman–Crippen LogP) is 1.77. The third-order valence-corrected chi connectivity index (χ3v) is 3.14. The van der Waals surface area contributed by atoms with E-state index in [0.29, 0.717) is 17.7 Å². The van der Waals surface area contributed by atoms with E-state index >= 15 is 0 Å². The van der Waals surface area contributed by atoms with Gasteiger partial charge in [0.15, 0.2) is 0 Å². The van der Waals surface area contributed by atoms with Gasteiger partial charge in [-0.2, -0.15) is 22.0 Å². The minimum atomic E-state index is -5.87. The fourth-order valence-electron chi connectivity index (χ4n) is 2.04. The third kappa shape index (κ3) is 2.73. The second-order valence-corrected chi connectivity index (χ2v) is 4.59. The molecule has 0 aliphatic carbocycles. The summed E-state index contributed by atoms with van der Waals surface area (Å²) in [6.45, 7) is 1.60. The third-order valence-electron chi connectivity index (χ3n) is 3.14. The number of piperidine rings is 1. The number of amides is 1. The van der Waals surface area contributed by atoms with Crippen molar-refractivity contribution in [2.24, 2.45) is 11.7 Å². The van der Waals surface area contributed by atoms with Crippen molar-refractivity contribution in [3.8, 4) is 0 Å². The predicted molar refractivity (Wildman–Crippen MR) is 54.0 cm³/mol. The highest BCUT2D eigenvalue weighted by atomic mass is 19.4. The molecule has 1 rings (SSSR count). The van der Waals surface area contributed by atoms with Gasteiger partial charge in [-0.1, -0.05) is 6.92 Å². The van der Waals surface area contributed by atoms with Gasteiger partial charge in [0.25, 0.3) is 0 Å². The molecule has 1 fully saturated rings. The van der Waals surface area contributed by atoms with Crippen LogP contribution in [0.5, 0.6) is 0 Å². The van der Waals surface area contributed by atoms with E-state index in [0.717, 1.165) is 0 Å². The number of nitrogens with zero attached hydrogens (tertiary/aromatic N) is 1. The van der Waals surface area contributed by atoms with Crippen molar-refractivity contribution in [1.82, 2.24) is 4.90 Å². The number of nitrogens with two attached hydrogens (primary N) is 1. The molecule has 2 unspecified atom stereocenters. The molecule has 2 atom stereocenters. The van der Waals surface area contributed by atoms with E-state index in [2.05, 4.69) is 0 Å². The number of carbonyl (C=O) groups excluding carboxylic acids is 1. The number of halogens is 5. The van der Waals surface area contributed by atoms with E-state index < -0.39 is 24.0 Å². The van der Waals surface area contributed by atoms with Crippen LogP contribution in [0.25, 0.3) is 0 Å². The van der Waals surface area contributed by atoms with Gasteiger partial charge in [0.2, 0.25) is 0 Å². The Morgan fingerprint density at radius 1 is 1.33 bits per heavy atom. The Bertz CT molecular complexity index is 318. The molecule has 1 amide bonds. The lowest BCUT2D eigenvalue weighted by atomic mass is 9.92. The first-order valence-electron chi connectivity index (χ1n) is 5.57. The van der Waals surface area contributed by atoms with E-state index in [4.69, 9.17) is 5.73 Å². The van der Waals surface area contributed by atoms with E-state index in [9.17, 15) is 26.7 Å². The molecule has 3 nitrogen and oxygen atoms in total. The van der Waals surface area contributed by atoms with Crippen molar-refractivity contribution in [2.45, 2.75) is 37.9 Å². The molecule has 1 saturated heterocycles. The van der Waals surface area contributed by atoms with Gasteiger partial charge in [-0.3, -0.25) is 4.79 Å². The number of hydrogen-bond donors (Lipinski definition) is 1. The molecule has 106 valence electrons. The lowest BCUT2D eigenvalue weighted by Gasteiger charge is -2.39. The zero-order valence-corrected chi connectivity index (χ0v) is 9.81. The maximum atomic E-state index is 13.0. The second kappa shape index (κ2) is 4.99. The van der Waals surface area contributed by atoms with Crippen LogP contribution in [0.1, 0.15) is 19.8 Å². The van der Waals surface area contributed by atoms with Crippen LogP contribution < -0.4 is 5.73 Å². The summed E-state index contributed by atoms with van der Waals surface area (Å²) in [5.41, 5.74) is 5.33. The Kier molecular flexibility index (Phi) is 4.19. The van der Waals surface area contributed by atoms with Gasteiger partial charge in [0.1, 0.15) is 0 Å². The Morgan fingerprint density at radius 2 is 1.89 bits per heavy atom. The van der Waals surface area contributed by atoms with Crippen molar-refractivity contribution < 1.29 is 26.7 Å². The molecular weight excluding hydrogens is 259 g/mol. The van der Waals surface area contributed by atoms with E-state index in [1.807, 2.05) is 6.92 Å². The minimum absolute atomic E-state index is 0.118. The topological polar surface area (TPSA) is 46.3 Å². The highest BCUT2D eigenvalue weighted by molar-refractivity contribution is 5.84. The van der Waals surface area contributed by atoms with Crippen molar-refractivity contribution >= 4 is 5.91 Å². The van der Waals surface area contributed by atoms with Gasteiger partial charge in [0.05, 0.1) is 0 Å². The minimum Gasteiger partial charge on any atom is -0.333 e. The molecule has 0 bridgehead atoms. The highest BCUT2D eigenvalue weighted by Gasteiger charge is 2.65. The van der Waals surface area contributed by atoms with Gasteiger partial charge in [0, 0.05) is 19.1 Å². The molecule has 18 heavy (non-hydrogen) atoms. The lowest BCUT2D eigenvalue weighted by molar-refractivity contribution is -0.275. The summed E-state index contributed by atoms with van der Waals surface area (Å²) in [6.07, 6.45) is -5.13. The zero-order chi connectivity index (χ0) is 14.1. The number of rotatable bonds is 2. The van der Waals surface area contributed by atoms with Gasteiger partial charge >= 0.3 is 18.0 Å². The van der Waals surface area contributed by atoms with Crippen molar-refractivity contribution in [3.63, 3.8) is 0 Å². The first-order valence-corrected chi connectivity index (χ1v) is 5.57. The van der Waals surface area contributed by atoms with Crippen LogP contribution in [0, 0.1) is 5.92 Å². The Labute approximate surface area is 101 Å². The summed E-state index contributed by atoms with van der Waals surface area (Å²) < 4.78 is 62.3. The Balaban J connectivity index is 2.89. The normalized spacial score (nSPS) is 26.3. The standard InChI is InChI=1S/C10H15F5N2O/c1-6-2-3-17(7(4-6)5-16)8(18)9(11,12)10(13,14)15/h6-7H,2-5,16H2,1H3. The maximum Gasteiger partial charge on any atom is 0.463 e. The van der Waals surface area contributed by atoms with Crippen LogP contribution in [0.3, 0.4) is 0 Å². The van der Waals surface area contributed by atoms with Crippen molar-refractivity contribution in [1.29, 1.82) is 0 Å². The smallest absolute Gasteiger partial charge is 0.333 e. The summed E-state index contributed by atoms with van der Waals surface area (Å²) in [7, 11) is 0. The Morgan fingerprint density at radius 3 is 2.33 bits per heavy atom. The molecule has 0 aromatic rings. The number of carbonyl (C=O) groups is 1. The number of hydrogen-bond acceptors (Lipinski definition) is 2. The molecule has 0 radical (unpaired) electrons. The maximum absolute atomic E-state index is 13.0. The molecule has 1 aliphatic heterocycles. The van der Waals surface area contributed by atoms with Gasteiger partial charge in [-0.15, -0.1) is 0 Å². The zero-order valence-electron chi connectivity index (χ0n) is 9.81. The van der Waals surface area contributed by atoms with Gasteiger partial charge in [-0.05, 0) is 18.8 Å². The molecule has 0 spiro atoms. The molecule has 1 aliphatic rings. The van der Waals surface area contributed by atoms with Crippen LogP contribution in [0.4, 0.5) is 22.0 Å². The van der Waals surface area contributed by atoms with Gasteiger partial charge in [-0.25, -0.2) is 0 Å². The fourth-order valence-corrected chi connectivity index (χ4v) is 2.04. The summed E-state index contributed by atoms with van der Waals surface area (Å²) in [6, 6.07) is -0.755. The van der Waals surface area contributed by atoms with Crippen molar-refractivity contribution in [2.75, 3.05) is 13.1 Å². The molecule has 0 saturated carbocycles. The SMILES string of the molecule is CC1CCN(C(=O)C(F)(F)C(F)(F)F)C(CN)C1. The summed E-state index contributed by atoms with van der Waals surface area (Å²) >= 11 is 0. The van der Waals surface area contributed by atoms with E-state index in [1.165, 1.54) is 0 Å². The van der Waals surface area contributed by atoms with Crippen molar-refractivity contribution in [3.05, 3.63) is 0 Å². The molecule has 0 aromatic carbocycles. The quantitative estimate of drug-likeness (QED) is 0.780. The summed E-state index contributed by atoms with van der Waals surface area (Å²) in [4.78, 5) is 11.9. The van der Waals surface area contributed by atoms with Crippen LogP contribution >= 0.6 is 0 Å². The van der Waals surface area contributed by atoms with E-state index in [1.54, 1.807) is 0 Å². The highest BCUT2D eigenvalue weighted by Crippen LogP contribution is 2.38. The van der Waals surface area contributed by atoms with Crippen LogP contribution in [-0.2, 0) is 4.79 Å². The largest absolute Gasteiger partial charge is 0.463 e. The molecular formula is C10H15F5N2O. The van der Waals surface area contributed by atoms with E-state index in [-0.39, 0.29) is 19.0 Å². The summed E-state index contributed by atoms with van der Waals surface area (Å²) in [5.74, 6) is -7.39. The van der Waals surface area contributed by atoms with Crippen LogP contribution in [-0.4, -0.2) is 42.0 Å². The monoisotopic (exact) mass is 274 g/mol. The molecule has 8 heteroatoms. The molecule has 0 aromatic heterocycles. The fraction of sp³-hybridized carbons (Fsp3) is 0.900. The van der Waals surface area contributed by atoms with Gasteiger partial charge < -0.3 is 10.6 Å². The molecule has 2 N–H and O–H groups in total. The first-order chi connectivity index (χ1) is 8.11. The average molecular weight is 274 g/mol. The lowest BCUT2D eigenvalue weighted by Crippen LogP contribution is -2.58. The number of likely N-dealkylation sites (tertiary alicyclic amines) is 1. The number of alkyl halides is 5. The van der Waals surface area contributed by atoms with Crippen LogP contribution in [0.2, 0.25) is 0 Å². The molecule has 1 heterocycles. The average Bonchev–Trinajstić information content (AvgIpc) is 2.26.